The lowest BCUT2D eigenvalue weighted by molar-refractivity contribution is 0.0732. The zero-order chi connectivity index (χ0) is 24.8. The number of ether oxygens (including phenoxy) is 2. The van der Waals surface area contributed by atoms with Gasteiger partial charge in [-0.3, -0.25) is 9.89 Å². The molecule has 3 aromatic rings. The Kier molecular flexibility index (Phi) is 7.92. The number of aliphatic hydroxyl groups is 1. The number of unbranched alkanes of at least 4 members (excludes halogenated alkanes) is 2. The molecule has 8 nitrogen and oxygen atoms in total. The summed E-state index contributed by atoms with van der Waals surface area (Å²) >= 11 is 0. The summed E-state index contributed by atoms with van der Waals surface area (Å²) in [5.41, 5.74) is 3.02. The molecule has 1 atom stereocenters. The summed E-state index contributed by atoms with van der Waals surface area (Å²) in [6.45, 7) is 5.52. The molecule has 186 valence electrons. The Morgan fingerprint density at radius 2 is 1.89 bits per heavy atom. The molecule has 0 radical (unpaired) electrons. The van der Waals surface area contributed by atoms with Gasteiger partial charge in [0.05, 0.1) is 19.3 Å². The molecule has 0 unspecified atom stereocenters. The Bertz CT molecular complexity index is 1160. The van der Waals surface area contributed by atoms with Crippen LogP contribution in [0.4, 0.5) is 0 Å². The van der Waals surface area contributed by atoms with Crippen LogP contribution in [0.5, 0.6) is 17.2 Å². The van der Waals surface area contributed by atoms with E-state index in [9.17, 15) is 15.0 Å². The van der Waals surface area contributed by atoms with Gasteiger partial charge in [-0.15, -0.1) is 0 Å². The van der Waals surface area contributed by atoms with E-state index in [-0.39, 0.29) is 18.3 Å². The van der Waals surface area contributed by atoms with Crippen LogP contribution in [0.15, 0.2) is 42.5 Å². The second-order valence-corrected chi connectivity index (χ2v) is 8.55. The van der Waals surface area contributed by atoms with E-state index in [0.29, 0.717) is 60.2 Å². The average Bonchev–Trinajstić information content (AvgIpc) is 3.40. The third kappa shape index (κ3) is 4.98. The van der Waals surface area contributed by atoms with E-state index in [2.05, 4.69) is 17.1 Å². The first-order valence-electron chi connectivity index (χ1n) is 12.3. The molecule has 0 aliphatic carbocycles. The molecule has 1 aliphatic heterocycles. The molecule has 35 heavy (non-hydrogen) atoms. The molecule has 2 aromatic carbocycles. The summed E-state index contributed by atoms with van der Waals surface area (Å²) in [6.07, 6.45) is 3.64. The van der Waals surface area contributed by atoms with Gasteiger partial charge in [-0.05, 0) is 49.6 Å². The van der Waals surface area contributed by atoms with Crippen molar-refractivity contribution in [1.82, 2.24) is 15.1 Å². The molecule has 3 N–H and O–H groups in total. The first kappa shape index (κ1) is 24.6. The molecule has 1 aliphatic rings. The number of aliphatic hydroxyl groups excluding tert-OH is 1. The lowest BCUT2D eigenvalue weighted by atomic mass is 9.95. The van der Waals surface area contributed by atoms with Crippen LogP contribution in [0.2, 0.25) is 0 Å². The fourth-order valence-electron chi connectivity index (χ4n) is 4.51. The van der Waals surface area contributed by atoms with Gasteiger partial charge in [0.1, 0.15) is 17.1 Å². The van der Waals surface area contributed by atoms with Gasteiger partial charge in [0.15, 0.2) is 11.5 Å². The molecule has 2 heterocycles. The number of carbonyl (C=O) groups is 1. The molecule has 8 heteroatoms. The number of hydrogen-bond donors (Lipinski definition) is 3. The second kappa shape index (κ2) is 11.3. The maximum Gasteiger partial charge on any atom is 0.273 e. The minimum absolute atomic E-state index is 0.0241. The lowest BCUT2D eigenvalue weighted by Crippen LogP contribution is -2.31. The fraction of sp³-hybridized carbons (Fsp3) is 0.407. The Hall–Kier alpha value is -3.52. The zero-order valence-electron chi connectivity index (χ0n) is 20.3. The molecule has 4 rings (SSSR count). The van der Waals surface area contributed by atoms with Gasteiger partial charge < -0.3 is 24.6 Å². The van der Waals surface area contributed by atoms with E-state index >= 15 is 0 Å². The third-order valence-electron chi connectivity index (χ3n) is 6.17. The van der Waals surface area contributed by atoms with Crippen molar-refractivity contribution in [3.8, 4) is 28.5 Å². The number of aromatic nitrogens is 2. The average molecular weight is 480 g/mol. The highest BCUT2D eigenvalue weighted by Gasteiger charge is 2.42. The maximum absolute atomic E-state index is 13.4. The topological polar surface area (TPSA) is 108 Å². The van der Waals surface area contributed by atoms with E-state index in [1.54, 1.807) is 23.1 Å². The van der Waals surface area contributed by atoms with Crippen molar-refractivity contribution in [3.05, 3.63) is 59.3 Å². The number of hydrogen-bond acceptors (Lipinski definition) is 6. The van der Waals surface area contributed by atoms with Crippen molar-refractivity contribution in [2.45, 2.75) is 45.6 Å². The van der Waals surface area contributed by atoms with Crippen LogP contribution < -0.4 is 9.47 Å². The highest BCUT2D eigenvalue weighted by atomic mass is 16.5. The van der Waals surface area contributed by atoms with E-state index in [0.717, 1.165) is 24.8 Å². The van der Waals surface area contributed by atoms with Crippen LogP contribution in [0.3, 0.4) is 0 Å². The number of para-hydroxylation sites is 1. The van der Waals surface area contributed by atoms with Crippen molar-refractivity contribution >= 4 is 5.91 Å². The Labute approximate surface area is 205 Å². The van der Waals surface area contributed by atoms with Gasteiger partial charge in [0, 0.05) is 24.3 Å². The van der Waals surface area contributed by atoms with Gasteiger partial charge in [-0.1, -0.05) is 38.0 Å². The van der Waals surface area contributed by atoms with Crippen LogP contribution in [-0.4, -0.2) is 57.6 Å². The lowest BCUT2D eigenvalue weighted by Gasteiger charge is -2.27. The van der Waals surface area contributed by atoms with Crippen molar-refractivity contribution in [2.75, 3.05) is 26.4 Å². The highest BCUT2D eigenvalue weighted by molar-refractivity contribution is 6.00. The molecule has 0 saturated heterocycles. The molecule has 0 fully saturated rings. The van der Waals surface area contributed by atoms with Gasteiger partial charge in [0.25, 0.3) is 5.91 Å². The number of nitrogens with one attached hydrogen (secondary N) is 1. The number of phenols is 1. The number of H-pyrrole nitrogens is 1. The predicted molar refractivity (Wildman–Crippen MR) is 133 cm³/mol. The number of aromatic amines is 1. The van der Waals surface area contributed by atoms with Crippen molar-refractivity contribution < 1.29 is 24.5 Å². The molecular weight excluding hydrogens is 446 g/mol. The maximum atomic E-state index is 13.4. The SMILES string of the molecule is CCCCCOc1ccc([C@@H]2c3c(-c4ccccc4O)n[nH]c3C(=O)N2CCCO)cc1OCC. The smallest absolute Gasteiger partial charge is 0.273 e. The fourth-order valence-corrected chi connectivity index (χ4v) is 4.51. The quantitative estimate of drug-likeness (QED) is 0.326. The van der Waals surface area contributed by atoms with Crippen LogP contribution in [0, 0.1) is 0 Å². The number of rotatable bonds is 12. The molecular formula is C27H33N3O5. The van der Waals surface area contributed by atoms with E-state index in [1.807, 2.05) is 31.2 Å². The number of fused-ring (bicyclic) bond motifs is 1. The van der Waals surface area contributed by atoms with Crippen LogP contribution in [0.25, 0.3) is 11.3 Å². The zero-order valence-corrected chi connectivity index (χ0v) is 20.3. The normalized spacial score (nSPS) is 14.9. The van der Waals surface area contributed by atoms with Crippen LogP contribution in [0.1, 0.15) is 67.2 Å². The van der Waals surface area contributed by atoms with E-state index < -0.39 is 6.04 Å². The van der Waals surface area contributed by atoms with Crippen LogP contribution >= 0.6 is 0 Å². The van der Waals surface area contributed by atoms with Crippen molar-refractivity contribution in [2.24, 2.45) is 0 Å². The number of phenolic OH excluding ortho intramolecular Hbond substituents is 1. The van der Waals surface area contributed by atoms with Crippen molar-refractivity contribution in [3.63, 3.8) is 0 Å². The van der Waals surface area contributed by atoms with E-state index in [1.165, 1.54) is 0 Å². The summed E-state index contributed by atoms with van der Waals surface area (Å²) in [5.74, 6) is 1.20. The first-order valence-corrected chi connectivity index (χ1v) is 12.3. The van der Waals surface area contributed by atoms with Gasteiger partial charge >= 0.3 is 0 Å². The van der Waals surface area contributed by atoms with Gasteiger partial charge in [0.2, 0.25) is 0 Å². The van der Waals surface area contributed by atoms with Crippen molar-refractivity contribution in [1.29, 1.82) is 0 Å². The number of amides is 1. The molecule has 0 bridgehead atoms. The Balaban J connectivity index is 1.77. The summed E-state index contributed by atoms with van der Waals surface area (Å²) in [7, 11) is 0. The second-order valence-electron chi connectivity index (χ2n) is 8.55. The van der Waals surface area contributed by atoms with Gasteiger partial charge in [-0.2, -0.15) is 5.10 Å². The summed E-state index contributed by atoms with van der Waals surface area (Å²) in [4.78, 5) is 15.1. The minimum atomic E-state index is -0.453. The number of benzene rings is 2. The Morgan fingerprint density at radius 3 is 2.63 bits per heavy atom. The summed E-state index contributed by atoms with van der Waals surface area (Å²) in [6, 6.07) is 12.2. The monoisotopic (exact) mass is 479 g/mol. The number of carbonyl (C=O) groups excluding carboxylic acids is 1. The number of aromatic hydroxyl groups is 1. The largest absolute Gasteiger partial charge is 0.507 e. The molecule has 1 amide bonds. The summed E-state index contributed by atoms with van der Waals surface area (Å²) in [5, 5.41) is 27.2. The third-order valence-corrected chi connectivity index (χ3v) is 6.17. The van der Waals surface area contributed by atoms with Crippen LogP contribution in [-0.2, 0) is 0 Å². The van der Waals surface area contributed by atoms with Gasteiger partial charge in [-0.25, -0.2) is 0 Å². The molecule has 0 spiro atoms. The summed E-state index contributed by atoms with van der Waals surface area (Å²) < 4.78 is 11.9. The molecule has 0 saturated carbocycles. The standard InChI is InChI=1S/C27H33N3O5/c1-3-5-8-16-35-21-13-12-18(17-22(21)34-4-2)26-23-24(19-10-6-7-11-20(19)32)28-29-25(23)27(33)30(26)14-9-15-31/h6-7,10-13,17,26,31-32H,3-5,8-9,14-16H2,1-2H3,(H,28,29)/t26-/m1/s1. The minimum Gasteiger partial charge on any atom is -0.507 e. The highest BCUT2D eigenvalue weighted by Crippen LogP contribution is 2.45. The van der Waals surface area contributed by atoms with E-state index in [4.69, 9.17) is 9.47 Å². The first-order chi connectivity index (χ1) is 17.1. The number of nitrogens with zero attached hydrogens (tertiary/aromatic N) is 2. The molecule has 1 aromatic heterocycles. The Morgan fingerprint density at radius 1 is 1.06 bits per heavy atom. The predicted octanol–water partition coefficient (Wildman–Crippen LogP) is 4.68.